The number of rotatable bonds is 3. The molecule has 0 fully saturated rings. The smallest absolute Gasteiger partial charge is 0.248 e. The third-order valence-electron chi connectivity index (χ3n) is 3.62. The van der Waals surface area contributed by atoms with Crippen molar-refractivity contribution in [2.24, 2.45) is 5.92 Å². The van der Waals surface area contributed by atoms with E-state index in [4.69, 9.17) is 0 Å². The zero-order valence-electron chi connectivity index (χ0n) is 10.9. The second-order valence-electron chi connectivity index (χ2n) is 5.09. The number of nitrogens with one attached hydrogen (secondary N) is 1. The summed E-state index contributed by atoms with van der Waals surface area (Å²) in [6, 6.07) is 8.12. The number of hydrogen-bond donors (Lipinski definition) is 1. The molecule has 0 bridgehead atoms. The van der Waals surface area contributed by atoms with E-state index in [0.29, 0.717) is 12.0 Å². The molecule has 3 nitrogen and oxygen atoms in total. The van der Waals surface area contributed by atoms with Gasteiger partial charge in [-0.1, -0.05) is 32.0 Å². The molecule has 3 heteroatoms. The molecule has 0 radical (unpaired) electrons. The largest absolute Gasteiger partial charge is 0.313 e. The van der Waals surface area contributed by atoms with Crippen molar-refractivity contribution in [1.29, 1.82) is 0 Å². The molecule has 2 atom stereocenters. The number of amides is 1. The Labute approximate surface area is 103 Å². The second kappa shape index (κ2) is 4.49. The molecule has 1 amide bonds. The van der Waals surface area contributed by atoms with E-state index >= 15 is 0 Å². The van der Waals surface area contributed by atoms with E-state index in [9.17, 15) is 4.79 Å². The van der Waals surface area contributed by atoms with Crippen molar-refractivity contribution < 1.29 is 4.79 Å². The Kier molecular flexibility index (Phi) is 3.20. The summed E-state index contributed by atoms with van der Waals surface area (Å²) in [5.41, 5.74) is 2.11. The Balaban J connectivity index is 2.27. The monoisotopic (exact) mass is 232 g/mol. The highest BCUT2D eigenvalue weighted by Gasteiger charge is 2.35. The quantitative estimate of drug-likeness (QED) is 0.867. The van der Waals surface area contributed by atoms with Crippen LogP contribution in [0.2, 0.25) is 0 Å². The van der Waals surface area contributed by atoms with Crippen molar-refractivity contribution in [2.75, 3.05) is 11.9 Å². The Bertz CT molecular complexity index is 428. The Hall–Kier alpha value is -1.35. The van der Waals surface area contributed by atoms with Gasteiger partial charge < -0.3 is 4.90 Å². The van der Waals surface area contributed by atoms with Gasteiger partial charge in [0.1, 0.15) is 6.04 Å². The molecule has 17 heavy (non-hydrogen) atoms. The number of anilines is 1. The highest BCUT2D eigenvalue weighted by atomic mass is 16.2. The molecule has 2 unspecified atom stereocenters. The van der Waals surface area contributed by atoms with Crippen LogP contribution >= 0.6 is 0 Å². The Morgan fingerprint density at radius 3 is 2.53 bits per heavy atom. The lowest BCUT2D eigenvalue weighted by Crippen LogP contribution is -2.39. The van der Waals surface area contributed by atoms with Crippen molar-refractivity contribution in [2.45, 2.75) is 32.9 Å². The number of benzene rings is 1. The molecule has 1 heterocycles. The number of hydrogen-bond acceptors (Lipinski definition) is 2. The molecule has 1 aromatic carbocycles. The summed E-state index contributed by atoms with van der Waals surface area (Å²) >= 11 is 0. The van der Waals surface area contributed by atoms with Crippen molar-refractivity contribution >= 4 is 11.6 Å². The third kappa shape index (κ3) is 2.07. The average Bonchev–Trinajstić information content (AvgIpc) is 2.55. The van der Waals surface area contributed by atoms with E-state index in [1.807, 2.05) is 31.3 Å². The van der Waals surface area contributed by atoms with E-state index in [2.05, 4.69) is 26.1 Å². The van der Waals surface area contributed by atoms with Crippen LogP contribution in [0.15, 0.2) is 24.3 Å². The van der Waals surface area contributed by atoms with Gasteiger partial charge in [0.05, 0.1) is 0 Å². The molecule has 92 valence electrons. The van der Waals surface area contributed by atoms with E-state index in [1.54, 1.807) is 4.90 Å². The highest BCUT2D eigenvalue weighted by Crippen LogP contribution is 2.34. The summed E-state index contributed by atoms with van der Waals surface area (Å²) in [5.74, 6) is 0.652. The predicted octanol–water partition coefficient (Wildman–Crippen LogP) is 2.34. The predicted molar refractivity (Wildman–Crippen MR) is 70.0 cm³/mol. The first-order valence-corrected chi connectivity index (χ1v) is 6.15. The first kappa shape index (κ1) is 12.1. The van der Waals surface area contributed by atoms with Gasteiger partial charge in [-0.3, -0.25) is 10.1 Å². The minimum absolute atomic E-state index is 0.138. The molecule has 2 rings (SSSR count). The van der Waals surface area contributed by atoms with Crippen molar-refractivity contribution in [3.63, 3.8) is 0 Å². The summed E-state index contributed by atoms with van der Waals surface area (Å²) in [6.45, 7) is 6.44. The number of carbonyl (C=O) groups is 1. The standard InChI is InChI=1S/C14H20N2O/c1-9(2)10(3)15-13-11-7-5-6-8-12(11)16(4)14(13)17/h5-10,13,15H,1-4H3. The minimum Gasteiger partial charge on any atom is -0.313 e. The maximum atomic E-state index is 12.2. The first-order chi connectivity index (χ1) is 8.02. The van der Waals surface area contributed by atoms with Crippen LogP contribution in [0, 0.1) is 5.92 Å². The Morgan fingerprint density at radius 2 is 1.88 bits per heavy atom. The van der Waals surface area contributed by atoms with Gasteiger partial charge in [-0.25, -0.2) is 0 Å². The van der Waals surface area contributed by atoms with Crippen LogP contribution in [-0.4, -0.2) is 19.0 Å². The maximum Gasteiger partial charge on any atom is 0.248 e. The molecule has 1 aliphatic rings. The summed E-state index contributed by atoms with van der Waals surface area (Å²) in [4.78, 5) is 13.9. The fraction of sp³-hybridized carbons (Fsp3) is 0.500. The minimum atomic E-state index is -0.186. The van der Waals surface area contributed by atoms with Gasteiger partial charge in [-0.2, -0.15) is 0 Å². The molecular weight excluding hydrogens is 212 g/mol. The third-order valence-corrected chi connectivity index (χ3v) is 3.62. The van der Waals surface area contributed by atoms with Crippen LogP contribution in [0.25, 0.3) is 0 Å². The molecular formula is C14H20N2O. The van der Waals surface area contributed by atoms with Crippen LogP contribution in [0.4, 0.5) is 5.69 Å². The average molecular weight is 232 g/mol. The molecule has 0 saturated heterocycles. The fourth-order valence-electron chi connectivity index (χ4n) is 2.10. The first-order valence-electron chi connectivity index (χ1n) is 6.15. The molecule has 0 saturated carbocycles. The highest BCUT2D eigenvalue weighted by molar-refractivity contribution is 6.04. The van der Waals surface area contributed by atoms with Gasteiger partial charge in [-0.05, 0) is 18.9 Å². The molecule has 1 N–H and O–H groups in total. The van der Waals surface area contributed by atoms with Gasteiger partial charge in [-0.15, -0.1) is 0 Å². The molecule has 0 aliphatic carbocycles. The van der Waals surface area contributed by atoms with Crippen molar-refractivity contribution in [3.8, 4) is 0 Å². The van der Waals surface area contributed by atoms with E-state index < -0.39 is 0 Å². The summed E-state index contributed by atoms with van der Waals surface area (Å²) in [6.07, 6.45) is 0. The number of likely N-dealkylation sites (N-methyl/N-ethyl adjacent to an activating group) is 1. The summed E-state index contributed by atoms with van der Waals surface area (Å²) in [5, 5.41) is 3.42. The maximum absolute atomic E-state index is 12.2. The van der Waals surface area contributed by atoms with Gasteiger partial charge in [0, 0.05) is 24.3 Å². The lowest BCUT2D eigenvalue weighted by atomic mass is 10.0. The van der Waals surface area contributed by atoms with E-state index in [0.717, 1.165) is 11.3 Å². The number of fused-ring (bicyclic) bond motifs is 1. The molecule has 1 aromatic rings. The van der Waals surface area contributed by atoms with Crippen LogP contribution < -0.4 is 10.2 Å². The lowest BCUT2D eigenvalue weighted by molar-refractivity contribution is -0.119. The fourth-order valence-corrected chi connectivity index (χ4v) is 2.10. The van der Waals surface area contributed by atoms with Gasteiger partial charge >= 0.3 is 0 Å². The molecule has 0 spiro atoms. The number of para-hydroxylation sites is 1. The van der Waals surface area contributed by atoms with E-state index in [1.165, 1.54) is 0 Å². The van der Waals surface area contributed by atoms with E-state index in [-0.39, 0.29) is 11.9 Å². The zero-order chi connectivity index (χ0) is 12.6. The van der Waals surface area contributed by atoms with Crippen LogP contribution in [0.3, 0.4) is 0 Å². The van der Waals surface area contributed by atoms with Crippen LogP contribution in [0.5, 0.6) is 0 Å². The summed E-state index contributed by atoms with van der Waals surface area (Å²) < 4.78 is 0. The van der Waals surface area contributed by atoms with Crippen LogP contribution in [-0.2, 0) is 4.79 Å². The van der Waals surface area contributed by atoms with Gasteiger partial charge in [0.2, 0.25) is 5.91 Å². The van der Waals surface area contributed by atoms with Crippen molar-refractivity contribution in [1.82, 2.24) is 5.32 Å². The Morgan fingerprint density at radius 1 is 1.24 bits per heavy atom. The lowest BCUT2D eigenvalue weighted by Gasteiger charge is -2.22. The van der Waals surface area contributed by atoms with Gasteiger partial charge in [0.15, 0.2) is 0 Å². The van der Waals surface area contributed by atoms with Crippen molar-refractivity contribution in [3.05, 3.63) is 29.8 Å². The summed E-state index contributed by atoms with van der Waals surface area (Å²) in [7, 11) is 1.84. The van der Waals surface area contributed by atoms with Gasteiger partial charge in [0.25, 0.3) is 0 Å². The number of nitrogens with zero attached hydrogens (tertiary/aromatic N) is 1. The SMILES string of the molecule is CC(C)C(C)NC1C(=O)N(C)c2ccccc21. The topological polar surface area (TPSA) is 32.3 Å². The zero-order valence-corrected chi connectivity index (χ0v) is 10.9. The van der Waals surface area contributed by atoms with Crippen LogP contribution in [0.1, 0.15) is 32.4 Å². The normalized spacial score (nSPS) is 20.9. The second-order valence-corrected chi connectivity index (χ2v) is 5.09. The number of carbonyl (C=O) groups excluding carboxylic acids is 1. The molecule has 1 aliphatic heterocycles. The molecule has 0 aromatic heterocycles.